The first-order valence-electron chi connectivity index (χ1n) is 5.18. The Morgan fingerprint density at radius 1 is 1.64 bits per heavy atom. The van der Waals surface area contributed by atoms with Crippen molar-refractivity contribution in [3.8, 4) is 0 Å². The van der Waals surface area contributed by atoms with Crippen LogP contribution in [-0.2, 0) is 4.74 Å². The molecule has 1 atom stereocenters. The zero-order valence-corrected chi connectivity index (χ0v) is 9.35. The Morgan fingerprint density at radius 2 is 2.36 bits per heavy atom. The molecule has 3 heteroatoms. The van der Waals surface area contributed by atoms with Crippen LogP contribution in [0.5, 0.6) is 0 Å². The second kappa shape index (κ2) is 4.89. The molecule has 0 aliphatic carbocycles. The highest BCUT2D eigenvalue weighted by Gasteiger charge is 2.34. The first kappa shape index (κ1) is 11.7. The first-order chi connectivity index (χ1) is 6.62. The summed E-state index contributed by atoms with van der Waals surface area (Å²) < 4.78 is 18.1. The minimum Gasteiger partial charge on any atom is -0.381 e. The van der Waals surface area contributed by atoms with E-state index in [0.717, 1.165) is 31.4 Å². The summed E-state index contributed by atoms with van der Waals surface area (Å²) >= 11 is 0. The maximum Gasteiger partial charge on any atom is 0.0866 e. The molecule has 1 fully saturated rings. The minimum absolute atomic E-state index is 0.141. The van der Waals surface area contributed by atoms with E-state index in [1.54, 1.807) is 0 Å². The summed E-state index contributed by atoms with van der Waals surface area (Å²) in [7, 11) is 2.07. The van der Waals surface area contributed by atoms with Crippen molar-refractivity contribution >= 4 is 0 Å². The van der Waals surface area contributed by atoms with Crippen LogP contribution >= 0.6 is 0 Å². The summed E-state index contributed by atoms with van der Waals surface area (Å²) in [4.78, 5) is 2.23. The summed E-state index contributed by atoms with van der Waals surface area (Å²) in [5, 5.41) is 0. The molecule has 0 spiro atoms. The van der Waals surface area contributed by atoms with E-state index in [1.165, 1.54) is 0 Å². The third kappa shape index (κ3) is 2.55. The van der Waals surface area contributed by atoms with Gasteiger partial charge in [-0.15, -0.1) is 0 Å². The zero-order valence-electron chi connectivity index (χ0n) is 9.35. The molecule has 1 rings (SSSR count). The van der Waals surface area contributed by atoms with Crippen LogP contribution in [-0.4, -0.2) is 38.3 Å². The molecule has 82 valence electrons. The number of halogens is 1. The van der Waals surface area contributed by atoms with E-state index in [1.807, 2.05) is 6.92 Å². The fourth-order valence-electron chi connectivity index (χ4n) is 2.04. The van der Waals surface area contributed by atoms with E-state index in [9.17, 15) is 4.39 Å². The van der Waals surface area contributed by atoms with Crippen LogP contribution in [0.4, 0.5) is 4.39 Å². The molecule has 1 heterocycles. The zero-order chi connectivity index (χ0) is 10.6. The van der Waals surface area contributed by atoms with Crippen molar-refractivity contribution in [2.24, 2.45) is 5.41 Å². The number of hydrogen-bond donors (Lipinski definition) is 0. The highest BCUT2D eigenvalue weighted by molar-refractivity contribution is 5.15. The van der Waals surface area contributed by atoms with E-state index in [2.05, 4.69) is 18.9 Å². The molecule has 0 amide bonds. The fraction of sp³-hybridized carbons (Fsp3) is 0.818. The van der Waals surface area contributed by atoms with Crippen molar-refractivity contribution in [1.29, 1.82) is 0 Å². The molecule has 1 unspecified atom stereocenters. The summed E-state index contributed by atoms with van der Waals surface area (Å²) in [5.74, 6) is 0. The van der Waals surface area contributed by atoms with Gasteiger partial charge in [0.15, 0.2) is 0 Å². The molecular formula is C11H20FNO. The summed E-state index contributed by atoms with van der Waals surface area (Å²) in [5.41, 5.74) is 0.752. The van der Waals surface area contributed by atoms with Gasteiger partial charge in [0.1, 0.15) is 0 Å². The molecule has 1 aliphatic heterocycles. The number of nitrogens with zero attached hydrogens (tertiary/aromatic N) is 1. The molecule has 1 saturated heterocycles. The molecule has 0 N–H and O–H groups in total. The summed E-state index contributed by atoms with van der Waals surface area (Å²) in [6.45, 7) is 7.17. The van der Waals surface area contributed by atoms with Gasteiger partial charge < -0.3 is 9.64 Å². The van der Waals surface area contributed by atoms with Gasteiger partial charge in [-0.25, -0.2) is 4.39 Å². The van der Waals surface area contributed by atoms with E-state index in [0.29, 0.717) is 13.2 Å². The average molecular weight is 201 g/mol. The lowest BCUT2D eigenvalue weighted by Gasteiger charge is -2.40. The second-order valence-electron chi connectivity index (χ2n) is 4.32. The largest absolute Gasteiger partial charge is 0.381 e. The predicted octanol–water partition coefficient (Wildman–Crippen LogP) is 2.22. The number of hydrogen-bond acceptors (Lipinski definition) is 2. The lowest BCUT2D eigenvalue weighted by molar-refractivity contribution is 0.0460. The van der Waals surface area contributed by atoms with Gasteiger partial charge in [0, 0.05) is 25.1 Å². The first-order valence-corrected chi connectivity index (χ1v) is 5.18. The fourth-order valence-corrected chi connectivity index (χ4v) is 2.04. The third-order valence-electron chi connectivity index (χ3n) is 2.91. The van der Waals surface area contributed by atoms with Gasteiger partial charge in [-0.1, -0.05) is 6.92 Å². The molecule has 0 radical (unpaired) electrons. The van der Waals surface area contributed by atoms with Crippen LogP contribution < -0.4 is 0 Å². The van der Waals surface area contributed by atoms with Crippen molar-refractivity contribution in [1.82, 2.24) is 4.90 Å². The number of ether oxygens (including phenoxy) is 1. The van der Waals surface area contributed by atoms with E-state index < -0.39 is 0 Å². The Morgan fingerprint density at radius 3 is 2.93 bits per heavy atom. The maximum absolute atomic E-state index is 12.7. The number of rotatable bonds is 3. The highest BCUT2D eigenvalue weighted by Crippen LogP contribution is 2.34. The molecule has 2 nitrogen and oxygen atoms in total. The Hall–Kier alpha value is -0.410. The summed E-state index contributed by atoms with van der Waals surface area (Å²) in [6.07, 6.45) is 1.59. The van der Waals surface area contributed by atoms with Crippen LogP contribution in [0, 0.1) is 5.41 Å². The Labute approximate surface area is 85.7 Å². The molecule has 14 heavy (non-hydrogen) atoms. The SMILES string of the molecule is CCOCC1(C)CN(C)CC/C1=C\F. The molecule has 0 saturated carbocycles. The quantitative estimate of drug-likeness (QED) is 0.694. The summed E-state index contributed by atoms with van der Waals surface area (Å²) in [6, 6.07) is 0. The van der Waals surface area contributed by atoms with Gasteiger partial charge in [0.2, 0.25) is 0 Å². The predicted molar refractivity (Wildman–Crippen MR) is 55.9 cm³/mol. The van der Waals surface area contributed by atoms with Crippen molar-refractivity contribution < 1.29 is 9.13 Å². The number of likely N-dealkylation sites (tertiary alicyclic amines) is 1. The van der Waals surface area contributed by atoms with Crippen molar-refractivity contribution in [3.63, 3.8) is 0 Å². The van der Waals surface area contributed by atoms with Gasteiger partial charge in [-0.2, -0.15) is 0 Å². The molecule has 0 aromatic rings. The van der Waals surface area contributed by atoms with Crippen LogP contribution in [0.2, 0.25) is 0 Å². The molecule has 0 aromatic heterocycles. The Balaban J connectivity index is 2.68. The normalized spacial score (nSPS) is 32.4. The van der Waals surface area contributed by atoms with Gasteiger partial charge in [-0.3, -0.25) is 0 Å². The van der Waals surface area contributed by atoms with Crippen LogP contribution in [0.25, 0.3) is 0 Å². The molecular weight excluding hydrogens is 181 g/mol. The number of piperidine rings is 1. The topological polar surface area (TPSA) is 12.5 Å². The Kier molecular flexibility index (Phi) is 4.08. The smallest absolute Gasteiger partial charge is 0.0866 e. The Bertz CT molecular complexity index is 217. The average Bonchev–Trinajstić information content (AvgIpc) is 2.15. The molecule has 1 aliphatic rings. The standard InChI is InChI=1S/C11H20FNO/c1-4-14-9-11(2)8-13(3)6-5-10(11)7-12/h7H,4-6,8-9H2,1-3H3/b10-7+. The van der Waals surface area contributed by atoms with Gasteiger partial charge in [0.25, 0.3) is 0 Å². The van der Waals surface area contributed by atoms with Crippen LogP contribution in [0.15, 0.2) is 11.9 Å². The second-order valence-corrected chi connectivity index (χ2v) is 4.32. The third-order valence-corrected chi connectivity index (χ3v) is 2.91. The van der Waals surface area contributed by atoms with Crippen molar-refractivity contribution in [2.75, 3.05) is 33.4 Å². The lowest BCUT2D eigenvalue weighted by atomic mass is 9.78. The lowest BCUT2D eigenvalue weighted by Crippen LogP contribution is -2.43. The highest BCUT2D eigenvalue weighted by atomic mass is 19.1. The van der Waals surface area contributed by atoms with Gasteiger partial charge >= 0.3 is 0 Å². The van der Waals surface area contributed by atoms with E-state index in [-0.39, 0.29) is 5.41 Å². The van der Waals surface area contributed by atoms with Crippen molar-refractivity contribution in [2.45, 2.75) is 20.3 Å². The van der Waals surface area contributed by atoms with Crippen molar-refractivity contribution in [3.05, 3.63) is 11.9 Å². The molecule has 0 bridgehead atoms. The minimum atomic E-state index is -0.141. The van der Waals surface area contributed by atoms with E-state index >= 15 is 0 Å². The molecule has 0 aromatic carbocycles. The van der Waals surface area contributed by atoms with Gasteiger partial charge in [-0.05, 0) is 26.0 Å². The van der Waals surface area contributed by atoms with Crippen LogP contribution in [0.3, 0.4) is 0 Å². The monoisotopic (exact) mass is 201 g/mol. The maximum atomic E-state index is 12.7. The van der Waals surface area contributed by atoms with E-state index in [4.69, 9.17) is 4.74 Å². The van der Waals surface area contributed by atoms with Gasteiger partial charge in [0.05, 0.1) is 12.9 Å². The van der Waals surface area contributed by atoms with Crippen LogP contribution in [0.1, 0.15) is 20.3 Å².